The zero-order valence-corrected chi connectivity index (χ0v) is 16.8. The molecular weight excluding hydrogens is 364 g/mol. The third-order valence-electron chi connectivity index (χ3n) is 4.64. The molecule has 29 heavy (non-hydrogen) atoms. The monoisotopic (exact) mass is 388 g/mol. The molecule has 0 aliphatic carbocycles. The molecule has 0 N–H and O–H groups in total. The highest BCUT2D eigenvalue weighted by Crippen LogP contribution is 2.30. The van der Waals surface area contributed by atoms with Crippen molar-refractivity contribution in [3.8, 4) is 17.2 Å². The van der Waals surface area contributed by atoms with Gasteiger partial charge >= 0.3 is 5.97 Å². The Hall–Kier alpha value is -3.53. The van der Waals surface area contributed by atoms with E-state index in [1.54, 1.807) is 33.3 Å². The van der Waals surface area contributed by atoms with Gasteiger partial charge in [0.2, 0.25) is 0 Å². The summed E-state index contributed by atoms with van der Waals surface area (Å²) in [6.45, 7) is 1.77. The summed E-state index contributed by atoms with van der Waals surface area (Å²) in [4.78, 5) is 12.6. The molecule has 3 aromatic rings. The Bertz CT molecular complexity index is 910. The summed E-state index contributed by atoms with van der Waals surface area (Å²) in [7, 11) is 3.28. The van der Waals surface area contributed by atoms with Crippen LogP contribution in [0.4, 0.5) is 0 Å². The molecule has 3 rings (SSSR count). The van der Waals surface area contributed by atoms with E-state index < -0.39 is 0 Å². The summed E-state index contributed by atoms with van der Waals surface area (Å²) in [5, 5.41) is 0. The molecule has 0 fully saturated rings. The van der Waals surface area contributed by atoms with Crippen molar-refractivity contribution in [1.82, 2.24) is 0 Å². The third-order valence-corrected chi connectivity index (χ3v) is 4.64. The van der Waals surface area contributed by atoms with Crippen molar-refractivity contribution in [2.24, 2.45) is 0 Å². The number of hydrogen-bond acceptors (Lipinski definition) is 4. The Balaban J connectivity index is 1.92. The Morgan fingerprint density at radius 3 is 1.66 bits per heavy atom. The van der Waals surface area contributed by atoms with Gasteiger partial charge in [-0.05, 0) is 54.4 Å². The van der Waals surface area contributed by atoms with Gasteiger partial charge in [-0.25, -0.2) is 4.79 Å². The average Bonchev–Trinajstić information content (AvgIpc) is 2.78. The lowest BCUT2D eigenvalue weighted by Crippen LogP contribution is -2.11. The maximum atomic E-state index is 12.6. The Labute approximate surface area is 171 Å². The summed E-state index contributed by atoms with van der Waals surface area (Å²) < 4.78 is 16.0. The lowest BCUT2D eigenvalue weighted by molar-refractivity contribution is -0.130. The molecule has 0 saturated heterocycles. The molecule has 0 heterocycles. The molecule has 0 aromatic heterocycles. The van der Waals surface area contributed by atoms with E-state index in [0.717, 1.165) is 22.6 Å². The largest absolute Gasteiger partial charge is 0.497 e. The molecule has 0 aliphatic rings. The standard InChI is InChI=1S/C25H24O4/c1-18(25(26)29-23-7-5-4-6-8-23)17-24(19-9-13-21(27-2)14-10-19)20-11-15-22(28-3)16-12-20/h4-17,24H,1-3H3. The molecular formula is C25H24O4. The van der Waals surface area contributed by atoms with Crippen molar-refractivity contribution >= 4 is 5.97 Å². The molecule has 0 bridgehead atoms. The van der Waals surface area contributed by atoms with Gasteiger partial charge in [-0.1, -0.05) is 48.5 Å². The van der Waals surface area contributed by atoms with Crippen LogP contribution in [0.5, 0.6) is 17.2 Å². The second kappa shape index (κ2) is 9.60. The summed E-state index contributed by atoms with van der Waals surface area (Å²) >= 11 is 0. The second-order valence-electron chi connectivity index (χ2n) is 6.58. The van der Waals surface area contributed by atoms with Crippen LogP contribution in [0.15, 0.2) is 90.5 Å². The molecule has 3 aromatic carbocycles. The minimum absolute atomic E-state index is 0.116. The van der Waals surface area contributed by atoms with Gasteiger partial charge in [0.15, 0.2) is 0 Å². The summed E-state index contributed by atoms with van der Waals surface area (Å²) in [6, 6.07) is 24.7. The summed E-state index contributed by atoms with van der Waals surface area (Å²) in [5.41, 5.74) is 2.62. The van der Waals surface area contributed by atoms with Crippen LogP contribution in [0, 0.1) is 0 Å². The molecule has 148 valence electrons. The third kappa shape index (κ3) is 5.26. The topological polar surface area (TPSA) is 44.8 Å². The quantitative estimate of drug-likeness (QED) is 0.309. The van der Waals surface area contributed by atoms with Crippen LogP contribution in [0.1, 0.15) is 24.0 Å². The van der Waals surface area contributed by atoms with Gasteiger partial charge in [-0.3, -0.25) is 0 Å². The normalized spacial score (nSPS) is 11.2. The lowest BCUT2D eigenvalue weighted by atomic mass is 9.89. The molecule has 0 spiro atoms. The highest BCUT2D eigenvalue weighted by molar-refractivity contribution is 5.89. The number of carbonyl (C=O) groups excluding carboxylic acids is 1. The smallest absolute Gasteiger partial charge is 0.338 e. The zero-order valence-electron chi connectivity index (χ0n) is 16.8. The van der Waals surface area contributed by atoms with E-state index in [2.05, 4.69) is 0 Å². The first-order valence-electron chi connectivity index (χ1n) is 9.34. The van der Waals surface area contributed by atoms with Crippen molar-refractivity contribution in [1.29, 1.82) is 0 Å². The first-order valence-corrected chi connectivity index (χ1v) is 9.34. The second-order valence-corrected chi connectivity index (χ2v) is 6.58. The maximum absolute atomic E-state index is 12.6. The zero-order chi connectivity index (χ0) is 20.6. The number of ether oxygens (including phenoxy) is 3. The summed E-state index contributed by atoms with van der Waals surface area (Å²) in [5.74, 6) is 1.60. The highest BCUT2D eigenvalue weighted by Gasteiger charge is 2.16. The fraction of sp³-hybridized carbons (Fsp3) is 0.160. The fourth-order valence-corrected chi connectivity index (χ4v) is 3.00. The van der Waals surface area contributed by atoms with Crippen molar-refractivity contribution in [3.63, 3.8) is 0 Å². The van der Waals surface area contributed by atoms with Crippen molar-refractivity contribution < 1.29 is 19.0 Å². The molecule has 0 atom stereocenters. The van der Waals surface area contributed by atoms with Crippen LogP contribution in [-0.4, -0.2) is 20.2 Å². The van der Waals surface area contributed by atoms with Gasteiger partial charge in [0.05, 0.1) is 14.2 Å². The van der Waals surface area contributed by atoms with Crippen LogP contribution in [0.25, 0.3) is 0 Å². The number of benzene rings is 3. The van der Waals surface area contributed by atoms with Gasteiger partial charge in [0, 0.05) is 11.5 Å². The van der Waals surface area contributed by atoms with E-state index in [1.807, 2.05) is 72.8 Å². The first kappa shape index (κ1) is 20.2. The maximum Gasteiger partial charge on any atom is 0.338 e. The first-order chi connectivity index (χ1) is 14.1. The summed E-state index contributed by atoms with van der Waals surface area (Å²) in [6.07, 6.45) is 1.93. The van der Waals surface area contributed by atoms with Gasteiger partial charge in [0.25, 0.3) is 0 Å². The molecule has 0 saturated carbocycles. The molecule has 4 heteroatoms. The van der Waals surface area contributed by atoms with Crippen molar-refractivity contribution in [2.75, 3.05) is 14.2 Å². The predicted octanol–water partition coefficient (Wildman–Crippen LogP) is 5.39. The van der Waals surface area contributed by atoms with Gasteiger partial charge in [-0.15, -0.1) is 0 Å². The highest BCUT2D eigenvalue weighted by atomic mass is 16.5. The van der Waals surface area contributed by atoms with E-state index in [0.29, 0.717) is 11.3 Å². The molecule has 0 aliphatic heterocycles. The predicted molar refractivity (Wildman–Crippen MR) is 114 cm³/mol. The minimum Gasteiger partial charge on any atom is -0.497 e. The number of allylic oxidation sites excluding steroid dienone is 1. The number of hydrogen-bond donors (Lipinski definition) is 0. The minimum atomic E-state index is -0.372. The van der Waals surface area contributed by atoms with E-state index in [-0.39, 0.29) is 11.9 Å². The van der Waals surface area contributed by atoms with Crippen LogP contribution in [-0.2, 0) is 4.79 Å². The van der Waals surface area contributed by atoms with Crippen LogP contribution >= 0.6 is 0 Å². The lowest BCUT2D eigenvalue weighted by Gasteiger charge is -2.16. The Morgan fingerprint density at radius 1 is 0.724 bits per heavy atom. The van der Waals surface area contributed by atoms with Gasteiger partial charge < -0.3 is 14.2 Å². The number of carbonyl (C=O) groups is 1. The van der Waals surface area contributed by atoms with Crippen LogP contribution in [0.2, 0.25) is 0 Å². The Morgan fingerprint density at radius 2 is 1.21 bits per heavy atom. The number of esters is 1. The van der Waals surface area contributed by atoms with Crippen molar-refractivity contribution in [3.05, 3.63) is 102 Å². The molecule has 0 radical (unpaired) electrons. The van der Waals surface area contributed by atoms with E-state index in [1.165, 1.54) is 0 Å². The van der Waals surface area contributed by atoms with E-state index in [4.69, 9.17) is 14.2 Å². The SMILES string of the molecule is COc1ccc(C(C=C(C)C(=O)Oc2ccccc2)c2ccc(OC)cc2)cc1. The number of methoxy groups -OCH3 is 2. The van der Waals surface area contributed by atoms with E-state index >= 15 is 0 Å². The molecule has 0 amide bonds. The average molecular weight is 388 g/mol. The fourth-order valence-electron chi connectivity index (χ4n) is 3.00. The molecule has 4 nitrogen and oxygen atoms in total. The number of rotatable bonds is 7. The molecule has 0 unspecified atom stereocenters. The number of para-hydroxylation sites is 1. The van der Waals surface area contributed by atoms with Crippen molar-refractivity contribution in [2.45, 2.75) is 12.8 Å². The Kier molecular flexibility index (Phi) is 6.69. The van der Waals surface area contributed by atoms with Crippen LogP contribution < -0.4 is 14.2 Å². The van der Waals surface area contributed by atoms with Gasteiger partial charge in [-0.2, -0.15) is 0 Å². The van der Waals surface area contributed by atoms with E-state index in [9.17, 15) is 4.79 Å². The van der Waals surface area contributed by atoms with Crippen LogP contribution in [0.3, 0.4) is 0 Å². The van der Waals surface area contributed by atoms with Gasteiger partial charge in [0.1, 0.15) is 17.2 Å².